The first-order valence-corrected chi connectivity index (χ1v) is 9.91. The molecule has 0 radical (unpaired) electrons. The molecule has 0 unspecified atom stereocenters. The number of carbonyl (C=O) groups is 1. The van der Waals surface area contributed by atoms with Gasteiger partial charge in [-0.1, -0.05) is 13.3 Å². The fourth-order valence-electron chi connectivity index (χ4n) is 2.52. The number of hydrogen-bond donors (Lipinski definition) is 0. The van der Waals surface area contributed by atoms with Crippen LogP contribution in [0.15, 0.2) is 93.3 Å². The zero-order chi connectivity index (χ0) is 21.2. The van der Waals surface area contributed by atoms with E-state index < -0.39 is 0 Å². The van der Waals surface area contributed by atoms with E-state index in [1.807, 2.05) is 48.5 Å². The maximum Gasteiger partial charge on any atom is 0.159 e. The molecular formula is C24H24N4O2. The van der Waals surface area contributed by atoms with Crippen LogP contribution in [0, 0.1) is 0 Å². The van der Waals surface area contributed by atoms with Crippen LogP contribution < -0.4 is 4.74 Å². The van der Waals surface area contributed by atoms with Crippen LogP contribution in [-0.4, -0.2) is 12.4 Å². The fraction of sp³-hybridized carbons (Fsp3) is 0.208. The third-order valence-corrected chi connectivity index (χ3v) is 4.29. The second-order valence-corrected chi connectivity index (χ2v) is 6.72. The van der Waals surface area contributed by atoms with E-state index in [1.54, 1.807) is 24.3 Å². The molecule has 0 fully saturated rings. The summed E-state index contributed by atoms with van der Waals surface area (Å²) in [6.07, 6.45) is 2.16. The van der Waals surface area contributed by atoms with Gasteiger partial charge in [0.25, 0.3) is 0 Å². The Labute approximate surface area is 176 Å². The van der Waals surface area contributed by atoms with Gasteiger partial charge in [-0.15, -0.1) is 0 Å². The minimum atomic E-state index is 0.0273. The lowest BCUT2D eigenvalue weighted by Gasteiger charge is -2.04. The Bertz CT molecular complexity index is 1010. The summed E-state index contributed by atoms with van der Waals surface area (Å²) in [4.78, 5) is 11.3. The monoisotopic (exact) mass is 400 g/mol. The van der Waals surface area contributed by atoms with Crippen molar-refractivity contribution in [1.82, 2.24) is 0 Å². The van der Waals surface area contributed by atoms with Gasteiger partial charge in [0.2, 0.25) is 0 Å². The lowest BCUT2D eigenvalue weighted by atomic mass is 10.1. The molecule has 6 heteroatoms. The summed E-state index contributed by atoms with van der Waals surface area (Å²) in [5.41, 5.74) is 3.53. The molecule has 0 aliphatic heterocycles. The number of benzene rings is 3. The SMILES string of the molecule is CCCCOc1ccc(N=Nc2ccc(N=Nc3ccc(C(C)=O)cc3)cc2)cc1. The summed E-state index contributed by atoms with van der Waals surface area (Å²) in [5.74, 6) is 0.868. The van der Waals surface area contributed by atoms with Gasteiger partial charge in [0.05, 0.1) is 29.4 Å². The Kier molecular flexibility index (Phi) is 7.55. The normalized spacial score (nSPS) is 11.3. The summed E-state index contributed by atoms with van der Waals surface area (Å²) >= 11 is 0. The topological polar surface area (TPSA) is 75.7 Å². The van der Waals surface area contributed by atoms with Crippen LogP contribution in [0.25, 0.3) is 0 Å². The number of azo groups is 2. The molecule has 30 heavy (non-hydrogen) atoms. The molecule has 0 aliphatic rings. The number of unbranched alkanes of at least 4 members (excludes halogenated alkanes) is 1. The van der Waals surface area contributed by atoms with Gasteiger partial charge in [0.15, 0.2) is 5.78 Å². The van der Waals surface area contributed by atoms with Gasteiger partial charge in [-0.3, -0.25) is 4.79 Å². The van der Waals surface area contributed by atoms with E-state index in [9.17, 15) is 4.79 Å². The van der Waals surface area contributed by atoms with Crippen molar-refractivity contribution in [1.29, 1.82) is 0 Å². The number of Topliss-reactive ketones (excluding diaryl/α,β-unsaturated/α-hetero) is 1. The summed E-state index contributed by atoms with van der Waals surface area (Å²) in [6, 6.07) is 21.9. The highest BCUT2D eigenvalue weighted by Gasteiger charge is 1.99. The third kappa shape index (κ3) is 6.44. The van der Waals surface area contributed by atoms with E-state index in [0.29, 0.717) is 16.9 Å². The van der Waals surface area contributed by atoms with Gasteiger partial charge >= 0.3 is 0 Å². The zero-order valence-corrected chi connectivity index (χ0v) is 17.2. The molecule has 0 atom stereocenters. The first-order chi connectivity index (χ1) is 14.6. The van der Waals surface area contributed by atoms with Crippen LogP contribution in [0.1, 0.15) is 37.0 Å². The van der Waals surface area contributed by atoms with Crippen LogP contribution in [0.5, 0.6) is 5.75 Å². The van der Waals surface area contributed by atoms with Gasteiger partial charge < -0.3 is 4.74 Å². The molecule has 3 aromatic rings. The standard InChI is InChI=1S/C24H24N4O2/c1-3-4-17-30-24-15-13-23(14-16-24)28-27-22-11-9-21(10-12-22)26-25-20-7-5-19(6-8-20)18(2)29/h5-16H,3-4,17H2,1-2H3. The van der Waals surface area contributed by atoms with Crippen LogP contribution in [0.4, 0.5) is 22.7 Å². The molecule has 6 nitrogen and oxygen atoms in total. The van der Waals surface area contributed by atoms with Gasteiger partial charge in [-0.25, -0.2) is 0 Å². The molecule has 152 valence electrons. The first kappa shape index (κ1) is 21.0. The highest BCUT2D eigenvalue weighted by atomic mass is 16.5. The molecule has 3 rings (SSSR count). The van der Waals surface area contributed by atoms with E-state index in [0.717, 1.165) is 36.6 Å². The van der Waals surface area contributed by atoms with Crippen molar-refractivity contribution in [2.24, 2.45) is 20.5 Å². The second kappa shape index (κ2) is 10.8. The highest BCUT2D eigenvalue weighted by Crippen LogP contribution is 2.24. The maximum atomic E-state index is 11.3. The molecule has 0 aromatic heterocycles. The van der Waals surface area contributed by atoms with E-state index in [2.05, 4.69) is 27.4 Å². The average molecular weight is 400 g/mol. The van der Waals surface area contributed by atoms with Crippen LogP contribution in [-0.2, 0) is 0 Å². The number of nitrogens with zero attached hydrogens (tertiary/aromatic N) is 4. The van der Waals surface area contributed by atoms with Crippen molar-refractivity contribution in [3.63, 3.8) is 0 Å². The Morgan fingerprint density at radius 2 is 1.10 bits per heavy atom. The summed E-state index contributed by atoms with van der Waals surface area (Å²) in [7, 11) is 0. The predicted molar refractivity (Wildman–Crippen MR) is 118 cm³/mol. The summed E-state index contributed by atoms with van der Waals surface area (Å²) in [5, 5.41) is 16.9. The van der Waals surface area contributed by atoms with E-state index in [-0.39, 0.29) is 5.78 Å². The van der Waals surface area contributed by atoms with Crippen molar-refractivity contribution >= 4 is 28.5 Å². The van der Waals surface area contributed by atoms with Crippen molar-refractivity contribution in [2.45, 2.75) is 26.7 Å². The fourth-order valence-corrected chi connectivity index (χ4v) is 2.52. The van der Waals surface area contributed by atoms with Crippen LogP contribution >= 0.6 is 0 Å². The largest absolute Gasteiger partial charge is 0.494 e. The first-order valence-electron chi connectivity index (χ1n) is 9.91. The lowest BCUT2D eigenvalue weighted by molar-refractivity contribution is 0.101. The number of hydrogen-bond acceptors (Lipinski definition) is 6. The molecular weight excluding hydrogens is 376 g/mol. The maximum absolute atomic E-state index is 11.3. The Morgan fingerprint density at radius 1 is 0.700 bits per heavy atom. The Morgan fingerprint density at radius 3 is 1.50 bits per heavy atom. The Balaban J connectivity index is 1.56. The molecule has 0 heterocycles. The average Bonchev–Trinajstić information content (AvgIpc) is 2.78. The predicted octanol–water partition coefficient (Wildman–Crippen LogP) is 7.90. The number of rotatable bonds is 9. The zero-order valence-electron chi connectivity index (χ0n) is 17.2. The summed E-state index contributed by atoms with van der Waals surface area (Å²) in [6.45, 7) is 4.40. The van der Waals surface area contributed by atoms with Crippen LogP contribution in [0.2, 0.25) is 0 Å². The quantitative estimate of drug-likeness (QED) is 0.208. The van der Waals surface area contributed by atoms with Crippen LogP contribution in [0.3, 0.4) is 0 Å². The smallest absolute Gasteiger partial charge is 0.159 e. The number of ketones is 1. The molecule has 0 saturated heterocycles. The van der Waals surface area contributed by atoms with E-state index in [1.165, 1.54) is 6.92 Å². The molecule has 0 aliphatic carbocycles. The molecule has 0 saturated carbocycles. The minimum Gasteiger partial charge on any atom is -0.494 e. The van der Waals surface area contributed by atoms with Crippen molar-refractivity contribution in [3.05, 3.63) is 78.4 Å². The lowest BCUT2D eigenvalue weighted by Crippen LogP contribution is -1.95. The van der Waals surface area contributed by atoms with Crippen molar-refractivity contribution in [3.8, 4) is 5.75 Å². The Hall–Kier alpha value is -3.67. The number of ether oxygens (including phenoxy) is 1. The van der Waals surface area contributed by atoms with Gasteiger partial charge in [-0.05, 0) is 86.1 Å². The van der Waals surface area contributed by atoms with Crippen molar-refractivity contribution in [2.75, 3.05) is 6.61 Å². The summed E-state index contributed by atoms with van der Waals surface area (Å²) < 4.78 is 5.64. The second-order valence-electron chi connectivity index (χ2n) is 6.72. The van der Waals surface area contributed by atoms with Crippen molar-refractivity contribution < 1.29 is 9.53 Å². The third-order valence-electron chi connectivity index (χ3n) is 4.29. The van der Waals surface area contributed by atoms with Gasteiger partial charge in [0.1, 0.15) is 5.75 Å². The number of carbonyl (C=O) groups excluding carboxylic acids is 1. The molecule has 0 spiro atoms. The van der Waals surface area contributed by atoms with Gasteiger partial charge in [-0.2, -0.15) is 20.5 Å². The molecule has 0 amide bonds. The minimum absolute atomic E-state index is 0.0273. The molecule has 3 aromatic carbocycles. The molecule has 0 bridgehead atoms. The molecule has 0 N–H and O–H groups in total. The van der Waals surface area contributed by atoms with E-state index in [4.69, 9.17) is 4.74 Å². The highest BCUT2D eigenvalue weighted by molar-refractivity contribution is 5.94. The van der Waals surface area contributed by atoms with Gasteiger partial charge in [0, 0.05) is 5.56 Å². The van der Waals surface area contributed by atoms with E-state index >= 15 is 0 Å².